The van der Waals surface area contributed by atoms with E-state index in [1.165, 1.54) is 38.4 Å². The van der Waals surface area contributed by atoms with Gasteiger partial charge in [0.2, 0.25) is 5.91 Å². The van der Waals surface area contributed by atoms with Crippen molar-refractivity contribution in [3.8, 4) is 0 Å². The minimum absolute atomic E-state index is 0.0226. The van der Waals surface area contributed by atoms with Crippen LogP contribution in [0.15, 0.2) is 10.7 Å². The number of hydrogen-bond acceptors (Lipinski definition) is 4. The molecule has 1 saturated heterocycles. The van der Waals surface area contributed by atoms with E-state index < -0.39 is 0 Å². The van der Waals surface area contributed by atoms with Gasteiger partial charge in [0.05, 0.1) is 0 Å². The lowest BCUT2D eigenvalue weighted by Gasteiger charge is -2.26. The van der Waals surface area contributed by atoms with Crippen molar-refractivity contribution in [2.45, 2.75) is 64.3 Å². The molecule has 1 aromatic rings. The van der Waals surface area contributed by atoms with Crippen molar-refractivity contribution in [1.82, 2.24) is 15.2 Å². The maximum absolute atomic E-state index is 12.6. The molecule has 1 aromatic heterocycles. The monoisotopic (exact) mass is 333 g/mol. The molecule has 2 fully saturated rings. The fraction of sp³-hybridized carbons (Fsp3) is 0.722. The number of rotatable bonds is 5. The first kappa shape index (κ1) is 17.0. The molecule has 2 aliphatic rings. The lowest BCUT2D eigenvalue weighted by Crippen LogP contribution is -2.47. The molecule has 0 bridgehead atoms. The Morgan fingerprint density at radius 2 is 2.04 bits per heavy atom. The molecule has 1 aliphatic carbocycles. The Balaban J connectivity index is 1.57. The molecule has 1 atom stereocenters. The van der Waals surface area contributed by atoms with E-state index in [1.54, 1.807) is 4.90 Å². The minimum Gasteiger partial charge on any atom is -0.448 e. The molecular formula is C18H27N3O3. The van der Waals surface area contributed by atoms with E-state index in [2.05, 4.69) is 10.3 Å². The van der Waals surface area contributed by atoms with E-state index in [4.69, 9.17) is 4.42 Å². The lowest BCUT2D eigenvalue weighted by molar-refractivity contribution is -0.125. The maximum atomic E-state index is 12.6. The highest BCUT2D eigenvalue weighted by Gasteiger charge is 2.35. The van der Waals surface area contributed by atoms with Gasteiger partial charge < -0.3 is 14.6 Å². The SMILES string of the molecule is CCc1nc(C(=O)N2CCC[C@@H]2C(=O)NCC2CCCCC2)co1. The van der Waals surface area contributed by atoms with E-state index in [-0.39, 0.29) is 17.9 Å². The third kappa shape index (κ3) is 3.79. The number of amides is 2. The van der Waals surface area contributed by atoms with Crippen LogP contribution in [0.4, 0.5) is 0 Å². The van der Waals surface area contributed by atoms with Gasteiger partial charge in [-0.05, 0) is 31.6 Å². The number of carbonyl (C=O) groups excluding carboxylic acids is 2. The van der Waals surface area contributed by atoms with Gasteiger partial charge in [-0.25, -0.2) is 4.98 Å². The molecule has 1 saturated carbocycles. The lowest BCUT2D eigenvalue weighted by atomic mass is 9.89. The highest BCUT2D eigenvalue weighted by Crippen LogP contribution is 2.24. The molecule has 6 nitrogen and oxygen atoms in total. The first-order valence-corrected chi connectivity index (χ1v) is 9.22. The summed E-state index contributed by atoms with van der Waals surface area (Å²) >= 11 is 0. The molecule has 3 rings (SSSR count). The van der Waals surface area contributed by atoms with Crippen molar-refractivity contribution < 1.29 is 14.0 Å². The zero-order valence-corrected chi connectivity index (χ0v) is 14.4. The number of carbonyl (C=O) groups is 2. The van der Waals surface area contributed by atoms with Crippen LogP contribution >= 0.6 is 0 Å². The number of nitrogens with one attached hydrogen (secondary N) is 1. The van der Waals surface area contributed by atoms with Gasteiger partial charge >= 0.3 is 0 Å². The predicted molar refractivity (Wildman–Crippen MR) is 89.5 cm³/mol. The van der Waals surface area contributed by atoms with Crippen LogP contribution < -0.4 is 5.32 Å². The predicted octanol–water partition coefficient (Wildman–Crippen LogP) is 2.54. The molecule has 1 aliphatic heterocycles. The second-order valence-corrected chi connectivity index (χ2v) is 6.89. The number of hydrogen-bond donors (Lipinski definition) is 1. The number of aromatic nitrogens is 1. The number of aryl methyl sites for hydroxylation is 1. The van der Waals surface area contributed by atoms with Crippen molar-refractivity contribution in [2.24, 2.45) is 5.92 Å². The third-order valence-corrected chi connectivity index (χ3v) is 5.18. The van der Waals surface area contributed by atoms with Crippen molar-refractivity contribution in [2.75, 3.05) is 13.1 Å². The zero-order chi connectivity index (χ0) is 16.9. The first-order chi connectivity index (χ1) is 11.7. The van der Waals surface area contributed by atoms with E-state index in [0.29, 0.717) is 30.5 Å². The molecular weight excluding hydrogens is 306 g/mol. The fourth-order valence-corrected chi connectivity index (χ4v) is 3.76. The summed E-state index contributed by atoms with van der Waals surface area (Å²) in [5.74, 6) is 0.922. The van der Waals surface area contributed by atoms with E-state index >= 15 is 0 Å². The standard InChI is InChI=1S/C18H27N3O3/c1-2-16-20-14(12-24-16)18(23)21-10-6-9-15(21)17(22)19-11-13-7-4-3-5-8-13/h12-13,15H,2-11H2,1H3,(H,19,22)/t15-/m1/s1. The van der Waals surface area contributed by atoms with Crippen molar-refractivity contribution in [3.05, 3.63) is 17.8 Å². The topological polar surface area (TPSA) is 75.4 Å². The molecule has 0 spiro atoms. The average Bonchev–Trinajstić information content (AvgIpc) is 3.29. The molecule has 1 N–H and O–H groups in total. The van der Waals surface area contributed by atoms with Crippen LogP contribution in [0, 0.1) is 5.92 Å². The van der Waals surface area contributed by atoms with Gasteiger partial charge in [0.25, 0.3) is 5.91 Å². The molecule has 0 radical (unpaired) electrons. The number of oxazole rings is 1. The third-order valence-electron chi connectivity index (χ3n) is 5.18. The van der Waals surface area contributed by atoms with Crippen LogP contribution in [0.5, 0.6) is 0 Å². The second-order valence-electron chi connectivity index (χ2n) is 6.89. The Kier molecular flexibility index (Phi) is 5.53. The second kappa shape index (κ2) is 7.81. The Morgan fingerprint density at radius 1 is 1.25 bits per heavy atom. The van der Waals surface area contributed by atoms with Crippen LogP contribution in [-0.4, -0.2) is 40.8 Å². The van der Waals surface area contributed by atoms with Gasteiger partial charge in [0, 0.05) is 19.5 Å². The van der Waals surface area contributed by atoms with E-state index in [9.17, 15) is 9.59 Å². The quantitative estimate of drug-likeness (QED) is 0.898. The largest absolute Gasteiger partial charge is 0.448 e. The maximum Gasteiger partial charge on any atom is 0.276 e. The zero-order valence-electron chi connectivity index (χ0n) is 14.4. The summed E-state index contributed by atoms with van der Waals surface area (Å²) in [6.45, 7) is 3.27. The molecule has 24 heavy (non-hydrogen) atoms. The Bertz CT molecular complexity index is 578. The van der Waals surface area contributed by atoms with Crippen LogP contribution in [0.1, 0.15) is 68.2 Å². The van der Waals surface area contributed by atoms with Gasteiger partial charge in [-0.3, -0.25) is 9.59 Å². The molecule has 2 heterocycles. The van der Waals surface area contributed by atoms with Gasteiger partial charge in [-0.15, -0.1) is 0 Å². The van der Waals surface area contributed by atoms with E-state index in [1.807, 2.05) is 6.92 Å². The summed E-state index contributed by atoms with van der Waals surface area (Å²) in [5, 5.41) is 3.07. The summed E-state index contributed by atoms with van der Waals surface area (Å²) in [6.07, 6.45) is 9.87. The van der Waals surface area contributed by atoms with Gasteiger partial charge in [0.1, 0.15) is 12.3 Å². The van der Waals surface area contributed by atoms with Gasteiger partial charge in [-0.2, -0.15) is 0 Å². The summed E-state index contributed by atoms with van der Waals surface area (Å²) in [4.78, 5) is 31.0. The highest BCUT2D eigenvalue weighted by atomic mass is 16.3. The first-order valence-electron chi connectivity index (χ1n) is 9.22. The minimum atomic E-state index is -0.372. The van der Waals surface area contributed by atoms with Crippen LogP contribution in [0.2, 0.25) is 0 Å². The van der Waals surface area contributed by atoms with Crippen LogP contribution in [0.25, 0.3) is 0 Å². The fourth-order valence-electron chi connectivity index (χ4n) is 3.76. The number of likely N-dealkylation sites (tertiary alicyclic amines) is 1. The van der Waals surface area contributed by atoms with Crippen LogP contribution in [0.3, 0.4) is 0 Å². The summed E-state index contributed by atoms with van der Waals surface area (Å²) < 4.78 is 5.26. The Hall–Kier alpha value is -1.85. The van der Waals surface area contributed by atoms with Gasteiger partial charge in [0.15, 0.2) is 11.6 Å². The summed E-state index contributed by atoms with van der Waals surface area (Å²) in [6, 6.07) is -0.372. The van der Waals surface area contributed by atoms with Gasteiger partial charge in [-0.1, -0.05) is 26.2 Å². The summed E-state index contributed by atoms with van der Waals surface area (Å²) in [5.41, 5.74) is 0.304. The molecule has 0 aromatic carbocycles. The normalized spacial score (nSPS) is 21.9. The van der Waals surface area contributed by atoms with E-state index in [0.717, 1.165) is 19.4 Å². The molecule has 6 heteroatoms. The van der Waals surface area contributed by atoms with Crippen molar-refractivity contribution in [3.63, 3.8) is 0 Å². The number of nitrogens with zero attached hydrogens (tertiary/aromatic N) is 2. The molecule has 132 valence electrons. The Labute approximate surface area is 143 Å². The summed E-state index contributed by atoms with van der Waals surface area (Å²) in [7, 11) is 0. The molecule has 2 amide bonds. The highest BCUT2D eigenvalue weighted by molar-refractivity contribution is 5.96. The smallest absolute Gasteiger partial charge is 0.276 e. The Morgan fingerprint density at radius 3 is 2.75 bits per heavy atom. The van der Waals surface area contributed by atoms with Crippen LogP contribution in [-0.2, 0) is 11.2 Å². The van der Waals surface area contributed by atoms with Crippen molar-refractivity contribution >= 4 is 11.8 Å². The van der Waals surface area contributed by atoms with Crippen molar-refractivity contribution in [1.29, 1.82) is 0 Å². The average molecular weight is 333 g/mol. The molecule has 0 unspecified atom stereocenters.